The minimum absolute atomic E-state index is 0.301. The zero-order valence-electron chi connectivity index (χ0n) is 9.32. The van der Waals surface area contributed by atoms with E-state index < -0.39 is 0 Å². The molecule has 84 valence electrons. The van der Waals surface area contributed by atoms with Gasteiger partial charge in [0, 0.05) is 18.3 Å². The molecular weight excluding hydrogens is 220 g/mol. The molecule has 0 radical (unpaired) electrons. The van der Waals surface area contributed by atoms with Crippen molar-refractivity contribution in [1.82, 2.24) is 9.97 Å². The number of nitrogens with two attached hydrogens (primary N) is 1. The standard InChI is InChI=1S/C11H14N4S/c1-7-3-14-11(12)15-10(7)13-4-9-6-16-5-8(9)2/h3,5-6H,4H2,1-2H3,(H3,12,13,14,15). The molecule has 0 atom stereocenters. The van der Waals surface area contributed by atoms with Crippen molar-refractivity contribution in [2.24, 2.45) is 0 Å². The van der Waals surface area contributed by atoms with Crippen molar-refractivity contribution in [1.29, 1.82) is 0 Å². The third kappa shape index (κ3) is 2.30. The SMILES string of the molecule is Cc1cscc1CNc1nc(N)ncc1C. The van der Waals surface area contributed by atoms with Crippen LogP contribution in [0.2, 0.25) is 0 Å². The number of nitrogens with one attached hydrogen (secondary N) is 1. The van der Waals surface area contributed by atoms with Crippen LogP contribution < -0.4 is 11.1 Å². The van der Waals surface area contributed by atoms with Gasteiger partial charge in [0.15, 0.2) is 0 Å². The predicted molar refractivity (Wildman–Crippen MR) is 67.6 cm³/mol. The molecule has 0 aliphatic heterocycles. The number of nitrogens with zero attached hydrogens (tertiary/aromatic N) is 2. The highest BCUT2D eigenvalue weighted by Gasteiger charge is 2.03. The average molecular weight is 234 g/mol. The summed E-state index contributed by atoms with van der Waals surface area (Å²) in [6.45, 7) is 4.84. The van der Waals surface area contributed by atoms with Crippen molar-refractivity contribution >= 4 is 23.1 Å². The monoisotopic (exact) mass is 234 g/mol. The number of thiophene rings is 1. The van der Waals surface area contributed by atoms with Crippen molar-refractivity contribution in [3.63, 3.8) is 0 Å². The van der Waals surface area contributed by atoms with E-state index in [0.717, 1.165) is 17.9 Å². The van der Waals surface area contributed by atoms with Gasteiger partial charge in [-0.05, 0) is 35.7 Å². The summed E-state index contributed by atoms with van der Waals surface area (Å²) < 4.78 is 0. The van der Waals surface area contributed by atoms with Gasteiger partial charge in [-0.2, -0.15) is 16.3 Å². The number of nitrogen functional groups attached to an aromatic ring is 1. The molecule has 0 saturated heterocycles. The Balaban J connectivity index is 2.10. The van der Waals surface area contributed by atoms with E-state index in [1.807, 2.05) is 6.92 Å². The van der Waals surface area contributed by atoms with Crippen LogP contribution in [0.4, 0.5) is 11.8 Å². The molecule has 0 aliphatic rings. The largest absolute Gasteiger partial charge is 0.368 e. The van der Waals surface area contributed by atoms with Crippen molar-refractivity contribution < 1.29 is 0 Å². The Bertz CT molecular complexity index is 492. The van der Waals surface area contributed by atoms with E-state index in [4.69, 9.17) is 5.73 Å². The van der Waals surface area contributed by atoms with Crippen molar-refractivity contribution in [2.75, 3.05) is 11.1 Å². The van der Waals surface area contributed by atoms with Crippen LogP contribution in [0, 0.1) is 13.8 Å². The molecule has 4 nitrogen and oxygen atoms in total. The van der Waals surface area contributed by atoms with E-state index >= 15 is 0 Å². The maximum atomic E-state index is 5.55. The van der Waals surface area contributed by atoms with Crippen LogP contribution in [-0.2, 0) is 6.54 Å². The van der Waals surface area contributed by atoms with Crippen LogP contribution in [0.5, 0.6) is 0 Å². The first-order valence-electron chi connectivity index (χ1n) is 5.01. The predicted octanol–water partition coefficient (Wildman–Crippen LogP) is 2.35. The fourth-order valence-electron chi connectivity index (χ4n) is 1.38. The van der Waals surface area contributed by atoms with Gasteiger partial charge in [0.05, 0.1) is 0 Å². The van der Waals surface area contributed by atoms with Gasteiger partial charge in [0.2, 0.25) is 5.95 Å². The molecular formula is C11H14N4S. The minimum atomic E-state index is 0.301. The molecule has 2 aromatic heterocycles. The number of hydrogen-bond donors (Lipinski definition) is 2. The van der Waals surface area contributed by atoms with Gasteiger partial charge in [0.1, 0.15) is 5.82 Å². The first-order valence-corrected chi connectivity index (χ1v) is 5.96. The molecule has 2 aromatic rings. The highest BCUT2D eigenvalue weighted by atomic mass is 32.1. The summed E-state index contributed by atoms with van der Waals surface area (Å²) in [7, 11) is 0. The van der Waals surface area contributed by atoms with Crippen LogP contribution >= 0.6 is 11.3 Å². The topological polar surface area (TPSA) is 63.8 Å². The van der Waals surface area contributed by atoms with Gasteiger partial charge in [-0.25, -0.2) is 4.98 Å². The summed E-state index contributed by atoms with van der Waals surface area (Å²) in [5.74, 6) is 1.10. The third-order valence-corrected chi connectivity index (χ3v) is 3.31. The lowest BCUT2D eigenvalue weighted by Gasteiger charge is -2.08. The molecule has 3 N–H and O–H groups in total. The number of rotatable bonds is 3. The van der Waals surface area contributed by atoms with Gasteiger partial charge in [-0.3, -0.25) is 0 Å². The second-order valence-corrected chi connectivity index (χ2v) is 4.44. The summed E-state index contributed by atoms with van der Waals surface area (Å²) in [5.41, 5.74) is 9.14. The van der Waals surface area contributed by atoms with Gasteiger partial charge < -0.3 is 11.1 Å². The lowest BCUT2D eigenvalue weighted by Crippen LogP contribution is -2.06. The number of hydrogen-bond acceptors (Lipinski definition) is 5. The maximum absolute atomic E-state index is 5.55. The molecule has 0 bridgehead atoms. The number of aryl methyl sites for hydroxylation is 2. The van der Waals surface area contributed by atoms with Crippen LogP contribution in [-0.4, -0.2) is 9.97 Å². The Kier molecular flexibility index (Phi) is 3.05. The smallest absolute Gasteiger partial charge is 0.221 e. The number of aromatic nitrogens is 2. The Morgan fingerprint density at radius 1 is 1.31 bits per heavy atom. The van der Waals surface area contributed by atoms with E-state index in [1.165, 1.54) is 11.1 Å². The summed E-state index contributed by atoms with van der Waals surface area (Å²) in [5, 5.41) is 7.55. The Morgan fingerprint density at radius 2 is 2.12 bits per heavy atom. The fourth-order valence-corrected chi connectivity index (χ4v) is 2.24. The molecule has 2 heterocycles. The molecule has 0 fully saturated rings. The highest BCUT2D eigenvalue weighted by molar-refractivity contribution is 7.08. The van der Waals surface area contributed by atoms with Gasteiger partial charge >= 0.3 is 0 Å². The first-order chi connectivity index (χ1) is 7.66. The zero-order chi connectivity index (χ0) is 11.5. The van der Waals surface area contributed by atoms with Crippen LogP contribution in [0.3, 0.4) is 0 Å². The lowest BCUT2D eigenvalue weighted by atomic mass is 10.2. The van der Waals surface area contributed by atoms with Gasteiger partial charge in [0.25, 0.3) is 0 Å². The second kappa shape index (κ2) is 4.49. The maximum Gasteiger partial charge on any atom is 0.221 e. The van der Waals surface area contributed by atoms with E-state index in [1.54, 1.807) is 17.5 Å². The second-order valence-electron chi connectivity index (χ2n) is 3.69. The average Bonchev–Trinajstić information content (AvgIpc) is 2.66. The van der Waals surface area contributed by atoms with E-state index in [2.05, 4.69) is 33.0 Å². The van der Waals surface area contributed by atoms with E-state index in [9.17, 15) is 0 Å². The summed E-state index contributed by atoms with van der Waals surface area (Å²) in [6.07, 6.45) is 1.73. The van der Waals surface area contributed by atoms with Crippen molar-refractivity contribution in [3.8, 4) is 0 Å². The molecule has 0 unspecified atom stereocenters. The fraction of sp³-hybridized carbons (Fsp3) is 0.273. The highest BCUT2D eigenvalue weighted by Crippen LogP contribution is 2.17. The molecule has 5 heteroatoms. The summed E-state index contributed by atoms with van der Waals surface area (Å²) >= 11 is 1.71. The van der Waals surface area contributed by atoms with Gasteiger partial charge in [-0.1, -0.05) is 0 Å². The summed E-state index contributed by atoms with van der Waals surface area (Å²) in [4.78, 5) is 8.09. The van der Waals surface area contributed by atoms with Crippen LogP contribution in [0.15, 0.2) is 17.0 Å². The molecule has 2 rings (SSSR count). The van der Waals surface area contributed by atoms with Crippen molar-refractivity contribution in [2.45, 2.75) is 20.4 Å². The summed E-state index contributed by atoms with van der Waals surface area (Å²) in [6, 6.07) is 0. The van der Waals surface area contributed by atoms with Crippen LogP contribution in [0.25, 0.3) is 0 Å². The van der Waals surface area contributed by atoms with Crippen molar-refractivity contribution in [3.05, 3.63) is 33.6 Å². The molecule has 0 spiro atoms. The Labute approximate surface area is 98.6 Å². The molecule has 0 saturated carbocycles. The minimum Gasteiger partial charge on any atom is -0.368 e. The number of anilines is 2. The molecule has 0 amide bonds. The van der Waals surface area contributed by atoms with Crippen LogP contribution in [0.1, 0.15) is 16.7 Å². The molecule has 0 aromatic carbocycles. The van der Waals surface area contributed by atoms with E-state index in [0.29, 0.717) is 5.95 Å². The molecule has 16 heavy (non-hydrogen) atoms. The van der Waals surface area contributed by atoms with Gasteiger partial charge in [-0.15, -0.1) is 0 Å². The molecule has 0 aliphatic carbocycles. The lowest BCUT2D eigenvalue weighted by molar-refractivity contribution is 1.06. The zero-order valence-corrected chi connectivity index (χ0v) is 10.1. The first kappa shape index (κ1) is 10.9. The van der Waals surface area contributed by atoms with E-state index in [-0.39, 0.29) is 0 Å². The third-order valence-electron chi connectivity index (χ3n) is 2.40. The quantitative estimate of drug-likeness (QED) is 0.855. The Hall–Kier alpha value is -1.62. The normalized spacial score (nSPS) is 10.4. The Morgan fingerprint density at radius 3 is 2.81 bits per heavy atom.